The number of quaternary nitrogens is 1. The number of rotatable bonds is 7. The molecule has 0 bridgehead atoms. The van der Waals surface area contributed by atoms with Crippen molar-refractivity contribution < 1.29 is 10.1 Å². The molecule has 0 radical (unpaired) electrons. The maximum atomic E-state index is 12.9. The van der Waals surface area contributed by atoms with E-state index in [4.69, 9.17) is 0 Å². The summed E-state index contributed by atoms with van der Waals surface area (Å²) in [5.74, 6) is 0.444. The molecule has 3 heteroatoms. The smallest absolute Gasteiger partial charge is 0.282 e. The van der Waals surface area contributed by atoms with Gasteiger partial charge in [0.2, 0.25) is 0 Å². The van der Waals surface area contributed by atoms with Crippen LogP contribution in [0.5, 0.6) is 0 Å². The second-order valence-corrected chi connectivity index (χ2v) is 7.56. The zero-order chi connectivity index (χ0) is 19.9. The third-order valence-corrected chi connectivity index (χ3v) is 5.08. The minimum absolute atomic E-state index is 0.0185. The van der Waals surface area contributed by atoms with Gasteiger partial charge < -0.3 is 10.6 Å². The molecule has 3 rings (SSSR count). The summed E-state index contributed by atoms with van der Waals surface area (Å²) in [6, 6.07) is 28.5. The van der Waals surface area contributed by atoms with E-state index in [2.05, 4.69) is 60.9 Å². The predicted octanol–water partition coefficient (Wildman–Crippen LogP) is 4.64. The van der Waals surface area contributed by atoms with E-state index in [-0.39, 0.29) is 18.0 Å². The maximum Gasteiger partial charge on any atom is 0.282 e. The lowest BCUT2D eigenvalue weighted by atomic mass is 9.95. The van der Waals surface area contributed by atoms with Crippen molar-refractivity contribution in [2.24, 2.45) is 5.92 Å². The Morgan fingerprint density at radius 3 is 2.00 bits per heavy atom. The van der Waals surface area contributed by atoms with E-state index in [1.165, 1.54) is 5.56 Å². The first-order valence-electron chi connectivity index (χ1n) is 9.91. The van der Waals surface area contributed by atoms with Crippen LogP contribution < -0.4 is 10.6 Å². The Morgan fingerprint density at radius 2 is 1.36 bits per heavy atom. The summed E-state index contributed by atoms with van der Waals surface area (Å²) in [6.07, 6.45) is 0. The fourth-order valence-electron chi connectivity index (χ4n) is 3.50. The Labute approximate surface area is 167 Å². The lowest BCUT2D eigenvalue weighted by molar-refractivity contribution is -0.718. The van der Waals surface area contributed by atoms with E-state index in [0.29, 0.717) is 5.92 Å². The zero-order valence-electron chi connectivity index (χ0n) is 16.8. The third kappa shape index (κ3) is 4.87. The van der Waals surface area contributed by atoms with Crippen molar-refractivity contribution in [3.05, 3.63) is 90.5 Å². The van der Waals surface area contributed by atoms with Crippen molar-refractivity contribution in [1.82, 2.24) is 0 Å². The van der Waals surface area contributed by atoms with Crippen LogP contribution in [0, 0.1) is 5.92 Å². The van der Waals surface area contributed by atoms with Gasteiger partial charge in [0.1, 0.15) is 6.04 Å². The van der Waals surface area contributed by atoms with E-state index < -0.39 is 0 Å². The van der Waals surface area contributed by atoms with Crippen LogP contribution in [0.3, 0.4) is 0 Å². The molecule has 0 heterocycles. The SMILES string of the molecule is CC(C)[C@H]([NH2+][C@H](C)C(=O)Nc1ccccc1-c1ccccc1)c1ccccc1. The standard InChI is InChI=1S/C25H28N2O/c1-18(2)24(21-14-8-5-9-15-21)26-19(3)25(28)27-23-17-11-10-16-22(23)20-12-6-4-7-13-20/h4-19,24,26H,1-3H3,(H,27,28)/p+1/t19-,24+/m1/s1. The number of carbonyl (C=O) groups is 1. The maximum absolute atomic E-state index is 12.9. The lowest BCUT2D eigenvalue weighted by Crippen LogP contribution is -2.93. The number of carbonyl (C=O) groups excluding carboxylic acids is 1. The molecule has 0 spiro atoms. The number of nitrogens with one attached hydrogen (secondary N) is 1. The fraction of sp³-hybridized carbons (Fsp3) is 0.240. The molecule has 0 aliphatic carbocycles. The monoisotopic (exact) mass is 373 g/mol. The highest BCUT2D eigenvalue weighted by molar-refractivity contribution is 5.97. The first-order chi connectivity index (χ1) is 13.6. The average Bonchev–Trinajstić information content (AvgIpc) is 2.73. The van der Waals surface area contributed by atoms with E-state index >= 15 is 0 Å². The normalized spacial score (nSPS) is 13.1. The Hall–Kier alpha value is -2.91. The minimum atomic E-state index is -0.198. The highest BCUT2D eigenvalue weighted by atomic mass is 16.2. The van der Waals surface area contributed by atoms with Gasteiger partial charge in [-0.2, -0.15) is 0 Å². The van der Waals surface area contributed by atoms with Crippen LogP contribution in [0.15, 0.2) is 84.9 Å². The van der Waals surface area contributed by atoms with Crippen molar-refractivity contribution in [3.8, 4) is 11.1 Å². The number of hydrogen-bond donors (Lipinski definition) is 2. The van der Waals surface area contributed by atoms with Gasteiger partial charge in [0.25, 0.3) is 5.91 Å². The number of anilines is 1. The molecule has 2 atom stereocenters. The third-order valence-electron chi connectivity index (χ3n) is 5.08. The largest absolute Gasteiger partial charge is 0.330 e. The van der Waals surface area contributed by atoms with Crippen LogP contribution in [0.2, 0.25) is 0 Å². The van der Waals surface area contributed by atoms with Gasteiger partial charge in [-0.05, 0) is 18.6 Å². The predicted molar refractivity (Wildman–Crippen MR) is 116 cm³/mol. The topological polar surface area (TPSA) is 45.7 Å². The van der Waals surface area contributed by atoms with Crippen LogP contribution in [0.4, 0.5) is 5.69 Å². The summed E-state index contributed by atoms with van der Waals surface area (Å²) in [4.78, 5) is 12.9. The van der Waals surface area contributed by atoms with Gasteiger partial charge in [-0.3, -0.25) is 4.79 Å². The molecule has 0 saturated carbocycles. The number of para-hydroxylation sites is 1. The average molecular weight is 374 g/mol. The molecule has 0 aromatic heterocycles. The molecule has 1 amide bonds. The Bertz CT molecular complexity index is 891. The summed E-state index contributed by atoms with van der Waals surface area (Å²) in [5, 5.41) is 5.30. The molecular formula is C25H29N2O+. The second kappa shape index (κ2) is 9.34. The summed E-state index contributed by atoms with van der Waals surface area (Å²) < 4.78 is 0. The zero-order valence-corrected chi connectivity index (χ0v) is 16.8. The molecule has 0 aliphatic rings. The van der Waals surface area contributed by atoms with Gasteiger partial charge in [0, 0.05) is 22.7 Å². The number of hydrogen-bond acceptors (Lipinski definition) is 1. The second-order valence-electron chi connectivity index (χ2n) is 7.56. The molecule has 0 unspecified atom stereocenters. The molecule has 144 valence electrons. The van der Waals surface area contributed by atoms with Crippen LogP contribution in [0.1, 0.15) is 32.4 Å². The van der Waals surface area contributed by atoms with Gasteiger partial charge >= 0.3 is 0 Å². The van der Waals surface area contributed by atoms with Crippen molar-refractivity contribution in [2.75, 3.05) is 5.32 Å². The highest BCUT2D eigenvalue weighted by Gasteiger charge is 2.26. The van der Waals surface area contributed by atoms with E-state index in [1.807, 2.05) is 55.5 Å². The molecule has 0 aliphatic heterocycles. The fourth-order valence-corrected chi connectivity index (χ4v) is 3.50. The van der Waals surface area contributed by atoms with E-state index in [1.54, 1.807) is 0 Å². The molecule has 3 aromatic rings. The first kappa shape index (κ1) is 19.8. The van der Waals surface area contributed by atoms with Crippen LogP contribution in [-0.2, 0) is 4.79 Å². The Balaban J connectivity index is 1.75. The molecular weight excluding hydrogens is 344 g/mol. The van der Waals surface area contributed by atoms with Crippen molar-refractivity contribution in [1.29, 1.82) is 0 Å². The molecule has 3 N–H and O–H groups in total. The summed E-state index contributed by atoms with van der Waals surface area (Å²) in [7, 11) is 0. The van der Waals surface area contributed by atoms with Crippen molar-refractivity contribution >= 4 is 11.6 Å². The number of nitrogens with two attached hydrogens (primary N) is 1. The Kier molecular flexibility index (Phi) is 6.62. The summed E-state index contributed by atoms with van der Waals surface area (Å²) in [6.45, 7) is 6.37. The minimum Gasteiger partial charge on any atom is -0.330 e. The van der Waals surface area contributed by atoms with E-state index in [9.17, 15) is 4.79 Å². The number of benzene rings is 3. The first-order valence-corrected chi connectivity index (χ1v) is 9.91. The molecule has 3 aromatic carbocycles. The lowest BCUT2D eigenvalue weighted by Gasteiger charge is -2.23. The molecule has 0 saturated heterocycles. The van der Waals surface area contributed by atoms with Crippen LogP contribution in [-0.4, -0.2) is 11.9 Å². The van der Waals surface area contributed by atoms with Gasteiger partial charge in [0.15, 0.2) is 6.04 Å². The quantitative estimate of drug-likeness (QED) is 0.623. The Morgan fingerprint density at radius 1 is 0.786 bits per heavy atom. The van der Waals surface area contributed by atoms with Crippen LogP contribution >= 0.6 is 0 Å². The van der Waals surface area contributed by atoms with Gasteiger partial charge in [0.05, 0.1) is 0 Å². The summed E-state index contributed by atoms with van der Waals surface area (Å²) >= 11 is 0. The molecule has 0 fully saturated rings. The highest BCUT2D eigenvalue weighted by Crippen LogP contribution is 2.27. The van der Waals surface area contributed by atoms with E-state index in [0.717, 1.165) is 16.8 Å². The molecule has 3 nitrogen and oxygen atoms in total. The van der Waals surface area contributed by atoms with Crippen molar-refractivity contribution in [2.45, 2.75) is 32.9 Å². The van der Waals surface area contributed by atoms with Crippen molar-refractivity contribution in [3.63, 3.8) is 0 Å². The van der Waals surface area contributed by atoms with Gasteiger partial charge in [-0.1, -0.05) is 92.7 Å². The van der Waals surface area contributed by atoms with Gasteiger partial charge in [-0.25, -0.2) is 0 Å². The number of amides is 1. The van der Waals surface area contributed by atoms with Gasteiger partial charge in [-0.15, -0.1) is 0 Å². The summed E-state index contributed by atoms with van der Waals surface area (Å²) in [5.41, 5.74) is 4.23. The van der Waals surface area contributed by atoms with Crippen LogP contribution in [0.25, 0.3) is 11.1 Å². The molecule has 28 heavy (non-hydrogen) atoms.